The molecule has 7 aromatic rings. The fourth-order valence-electron chi connectivity index (χ4n) is 5.73. The summed E-state index contributed by atoms with van der Waals surface area (Å²) in [5.74, 6) is 0.553. The summed E-state index contributed by atoms with van der Waals surface area (Å²) < 4.78 is 25.8. The Labute approximate surface area is 274 Å². The van der Waals surface area contributed by atoms with E-state index in [1.807, 2.05) is 28.8 Å². The molecule has 0 saturated heterocycles. The van der Waals surface area contributed by atoms with Gasteiger partial charge in [0.15, 0.2) is 0 Å². The van der Waals surface area contributed by atoms with Gasteiger partial charge in [-0.25, -0.2) is 4.98 Å². The fraction of sp³-hybridized carbons (Fsp3) is 0.0541. The topological polar surface area (TPSA) is 24.3 Å². The molecule has 210 valence electrons. The van der Waals surface area contributed by atoms with Crippen LogP contribution in [0.2, 0.25) is 0 Å². The number of pyridine rings is 1. The standard InChI is InChI=1S/C37H26N4S.Pt/c1-26-20-21-38-37(22-26)41-33-15-6-5-14-31(33)32-19-18-30(24-36(32)41)42-29-13-9-12-28(23-29)40-25-39(27-10-3-2-4-11-27)34-16-7-8-17-35(34)40;/h2-22H,25H2,1H3;/q-2;+2/i1D3;. The Hall–Kier alpha value is -4.31. The summed E-state index contributed by atoms with van der Waals surface area (Å²) in [7, 11) is 0. The summed E-state index contributed by atoms with van der Waals surface area (Å²) in [5.41, 5.74) is 6.50. The average molecular weight is 757 g/mol. The SMILES string of the molecule is [2H]C([2H])([2H])c1ccnc(-n2c3[c-]c(Sc4[c-]c(N5CN(c6ccccc6)c6ccccc65)ccc4)ccc3c3ccccc32)c1.[Pt+2]. The molecule has 0 N–H and O–H groups in total. The maximum Gasteiger partial charge on any atom is 2.00 e. The molecule has 0 bridgehead atoms. The zero-order chi connectivity index (χ0) is 30.5. The van der Waals surface area contributed by atoms with E-state index in [9.17, 15) is 0 Å². The van der Waals surface area contributed by atoms with E-state index in [0.29, 0.717) is 12.5 Å². The minimum absolute atomic E-state index is 0. The molecule has 2 aromatic heterocycles. The maximum atomic E-state index is 7.93. The summed E-state index contributed by atoms with van der Waals surface area (Å²) in [6.07, 6.45) is 1.56. The third-order valence-corrected chi connectivity index (χ3v) is 8.53. The van der Waals surface area contributed by atoms with Crippen LogP contribution in [0.15, 0.2) is 137 Å². The van der Waals surface area contributed by atoms with Gasteiger partial charge in [0, 0.05) is 21.5 Å². The molecule has 6 heteroatoms. The quantitative estimate of drug-likeness (QED) is 0.164. The smallest absolute Gasteiger partial charge is 0.345 e. The van der Waals surface area contributed by atoms with E-state index in [4.69, 9.17) is 4.11 Å². The van der Waals surface area contributed by atoms with Crippen molar-refractivity contribution in [2.75, 3.05) is 16.5 Å². The number of rotatable bonds is 5. The first kappa shape index (κ1) is 24.2. The molecule has 0 saturated carbocycles. The Balaban J connectivity index is 0.00000338. The Bertz CT molecular complexity index is 2200. The third-order valence-electron chi connectivity index (χ3n) is 7.61. The average Bonchev–Trinajstić information content (AvgIpc) is 3.61. The van der Waals surface area contributed by atoms with E-state index in [-0.39, 0.29) is 26.6 Å². The second-order valence-electron chi connectivity index (χ2n) is 10.2. The van der Waals surface area contributed by atoms with Gasteiger partial charge in [-0.2, -0.15) is 24.3 Å². The second kappa shape index (κ2) is 11.4. The molecule has 3 heterocycles. The van der Waals surface area contributed by atoms with E-state index < -0.39 is 6.85 Å². The van der Waals surface area contributed by atoms with Crippen LogP contribution in [-0.2, 0) is 21.1 Å². The van der Waals surface area contributed by atoms with Crippen LogP contribution < -0.4 is 9.80 Å². The number of para-hydroxylation sites is 4. The molecule has 8 rings (SSSR count). The first-order chi connectivity index (χ1) is 21.9. The normalized spacial score (nSPS) is 13.8. The van der Waals surface area contributed by atoms with Gasteiger partial charge < -0.3 is 14.4 Å². The summed E-state index contributed by atoms with van der Waals surface area (Å²) in [6, 6.07) is 47.9. The number of aryl methyl sites for hydroxylation is 1. The molecule has 0 amide bonds. The van der Waals surface area contributed by atoms with Gasteiger partial charge in [0.1, 0.15) is 5.82 Å². The van der Waals surface area contributed by atoms with Crippen LogP contribution in [0.3, 0.4) is 0 Å². The number of hydrogen-bond acceptors (Lipinski definition) is 4. The van der Waals surface area contributed by atoms with Crippen molar-refractivity contribution in [1.82, 2.24) is 9.55 Å². The molecule has 1 aliphatic rings. The Morgan fingerprint density at radius 2 is 1.49 bits per heavy atom. The van der Waals surface area contributed by atoms with Crippen molar-refractivity contribution in [2.24, 2.45) is 0 Å². The molecule has 0 spiro atoms. The molecule has 0 unspecified atom stereocenters. The van der Waals surface area contributed by atoms with Crippen molar-refractivity contribution in [3.63, 3.8) is 0 Å². The fourth-order valence-corrected chi connectivity index (χ4v) is 6.56. The zero-order valence-electron chi connectivity index (χ0n) is 25.8. The van der Waals surface area contributed by atoms with E-state index in [0.717, 1.165) is 54.3 Å². The van der Waals surface area contributed by atoms with Gasteiger partial charge in [-0.1, -0.05) is 59.7 Å². The van der Waals surface area contributed by atoms with Gasteiger partial charge in [-0.15, -0.1) is 45.1 Å². The van der Waals surface area contributed by atoms with Gasteiger partial charge in [0.05, 0.1) is 18.0 Å². The third kappa shape index (κ3) is 4.93. The van der Waals surface area contributed by atoms with Crippen molar-refractivity contribution in [1.29, 1.82) is 0 Å². The number of anilines is 4. The summed E-state index contributed by atoms with van der Waals surface area (Å²) in [4.78, 5) is 11.1. The van der Waals surface area contributed by atoms with Crippen LogP contribution in [0.5, 0.6) is 0 Å². The van der Waals surface area contributed by atoms with Crippen molar-refractivity contribution >= 4 is 56.3 Å². The molecule has 0 radical (unpaired) electrons. The van der Waals surface area contributed by atoms with Crippen LogP contribution >= 0.6 is 11.8 Å². The molecule has 0 atom stereocenters. The first-order valence-corrected chi connectivity index (χ1v) is 14.6. The monoisotopic (exact) mass is 756 g/mol. The van der Waals surface area contributed by atoms with Crippen molar-refractivity contribution in [3.8, 4) is 5.82 Å². The Morgan fingerprint density at radius 1 is 0.721 bits per heavy atom. The molecule has 1 aliphatic heterocycles. The summed E-state index contributed by atoms with van der Waals surface area (Å²) >= 11 is 1.60. The number of benzene rings is 5. The predicted molar refractivity (Wildman–Crippen MR) is 174 cm³/mol. The molecular weight excluding hydrogens is 728 g/mol. The molecule has 4 nitrogen and oxygen atoms in total. The number of hydrogen-bond donors (Lipinski definition) is 0. The Kier molecular flexibility index (Phi) is 6.41. The van der Waals surface area contributed by atoms with Gasteiger partial charge in [-0.05, 0) is 60.3 Å². The van der Waals surface area contributed by atoms with Gasteiger partial charge in [0.25, 0.3) is 0 Å². The van der Waals surface area contributed by atoms with Gasteiger partial charge in [0.2, 0.25) is 0 Å². The van der Waals surface area contributed by atoms with Gasteiger partial charge in [-0.3, -0.25) is 0 Å². The van der Waals surface area contributed by atoms with E-state index in [1.165, 1.54) is 0 Å². The van der Waals surface area contributed by atoms with E-state index >= 15 is 0 Å². The molecule has 0 fully saturated rings. The second-order valence-corrected chi connectivity index (χ2v) is 11.2. The minimum Gasteiger partial charge on any atom is -0.345 e. The van der Waals surface area contributed by atoms with Crippen LogP contribution in [0.4, 0.5) is 22.7 Å². The van der Waals surface area contributed by atoms with Crippen LogP contribution in [0.1, 0.15) is 9.68 Å². The van der Waals surface area contributed by atoms with Crippen molar-refractivity contribution in [3.05, 3.63) is 145 Å². The minimum atomic E-state index is -2.23. The predicted octanol–water partition coefficient (Wildman–Crippen LogP) is 9.48. The van der Waals surface area contributed by atoms with Crippen molar-refractivity contribution in [2.45, 2.75) is 16.6 Å². The number of aromatic nitrogens is 2. The zero-order valence-corrected chi connectivity index (χ0v) is 25.9. The van der Waals surface area contributed by atoms with Gasteiger partial charge >= 0.3 is 21.1 Å². The largest absolute Gasteiger partial charge is 2.00 e. The summed E-state index contributed by atoms with van der Waals surface area (Å²) in [5, 5.41) is 2.09. The molecular formula is C37H26N4PtS. The van der Waals surface area contributed by atoms with E-state index in [1.54, 1.807) is 30.1 Å². The van der Waals surface area contributed by atoms with Crippen LogP contribution in [0.25, 0.3) is 27.6 Å². The molecule has 5 aromatic carbocycles. The van der Waals surface area contributed by atoms with Crippen molar-refractivity contribution < 1.29 is 25.2 Å². The number of fused-ring (bicyclic) bond motifs is 4. The van der Waals surface area contributed by atoms with Crippen LogP contribution in [-0.4, -0.2) is 16.2 Å². The summed E-state index contributed by atoms with van der Waals surface area (Å²) in [6.45, 7) is -1.54. The first-order valence-electron chi connectivity index (χ1n) is 15.3. The molecule has 0 aliphatic carbocycles. The van der Waals surface area contributed by atoms with E-state index in [2.05, 4.69) is 112 Å². The Morgan fingerprint density at radius 3 is 2.35 bits per heavy atom. The maximum absolute atomic E-state index is 7.93. The van der Waals surface area contributed by atoms with Crippen LogP contribution in [0, 0.1) is 19.0 Å². The molecule has 43 heavy (non-hydrogen) atoms. The number of nitrogens with zero attached hydrogens (tertiary/aromatic N) is 4.